The molecule has 1 saturated heterocycles. The fraction of sp³-hybridized carbons (Fsp3) is 0.647. The van der Waals surface area contributed by atoms with Crippen molar-refractivity contribution in [3.05, 3.63) is 34.9 Å². The van der Waals surface area contributed by atoms with E-state index in [0.29, 0.717) is 6.04 Å². The van der Waals surface area contributed by atoms with Crippen molar-refractivity contribution in [1.82, 2.24) is 5.32 Å². The summed E-state index contributed by atoms with van der Waals surface area (Å²) in [5, 5.41) is 4.53. The van der Waals surface area contributed by atoms with Crippen LogP contribution in [0.15, 0.2) is 18.2 Å². The first-order valence-electron chi connectivity index (χ1n) is 7.64. The zero-order chi connectivity index (χ0) is 13.7. The maximum Gasteiger partial charge on any atom is 0.0440 e. The van der Waals surface area contributed by atoms with Gasteiger partial charge in [-0.2, -0.15) is 11.8 Å². The van der Waals surface area contributed by atoms with Gasteiger partial charge in [0.05, 0.1) is 0 Å². The Morgan fingerprint density at radius 3 is 2.74 bits per heavy atom. The van der Waals surface area contributed by atoms with Crippen LogP contribution < -0.4 is 5.32 Å². The van der Waals surface area contributed by atoms with Crippen molar-refractivity contribution in [2.45, 2.75) is 57.7 Å². The van der Waals surface area contributed by atoms with Gasteiger partial charge in [0.1, 0.15) is 0 Å². The van der Waals surface area contributed by atoms with Crippen molar-refractivity contribution in [1.29, 1.82) is 0 Å². The number of aryl methyl sites for hydroxylation is 2. The van der Waals surface area contributed by atoms with E-state index in [0.717, 1.165) is 11.8 Å². The lowest BCUT2D eigenvalue weighted by molar-refractivity contribution is 0.479. The summed E-state index contributed by atoms with van der Waals surface area (Å²) in [5.41, 5.74) is 4.30. The Morgan fingerprint density at radius 2 is 2.11 bits per heavy atom. The molecule has 0 spiro atoms. The Morgan fingerprint density at radius 1 is 1.26 bits per heavy atom. The Hall–Kier alpha value is -0.470. The summed E-state index contributed by atoms with van der Waals surface area (Å²) in [5.74, 6) is 1.33. The van der Waals surface area contributed by atoms with E-state index >= 15 is 0 Å². The van der Waals surface area contributed by atoms with Crippen molar-refractivity contribution in [2.75, 3.05) is 12.3 Å². The quantitative estimate of drug-likeness (QED) is 0.842. The van der Waals surface area contributed by atoms with E-state index in [1.807, 2.05) is 0 Å². The summed E-state index contributed by atoms with van der Waals surface area (Å²) in [4.78, 5) is 0. The van der Waals surface area contributed by atoms with Crippen molar-refractivity contribution in [3.63, 3.8) is 0 Å². The van der Waals surface area contributed by atoms with Crippen LogP contribution in [0.3, 0.4) is 0 Å². The van der Waals surface area contributed by atoms with Gasteiger partial charge in [-0.25, -0.2) is 0 Å². The molecule has 2 rings (SSSR count). The molecular weight excluding hydrogens is 250 g/mol. The number of hydrogen-bond donors (Lipinski definition) is 1. The third kappa shape index (κ3) is 4.00. The molecule has 1 N–H and O–H groups in total. The molecule has 106 valence electrons. The number of thioether (sulfide) groups is 1. The van der Waals surface area contributed by atoms with Gasteiger partial charge >= 0.3 is 0 Å². The molecule has 0 bridgehead atoms. The summed E-state index contributed by atoms with van der Waals surface area (Å²) < 4.78 is 0. The third-order valence-electron chi connectivity index (χ3n) is 4.09. The molecule has 0 radical (unpaired) electrons. The summed E-state index contributed by atoms with van der Waals surface area (Å²) in [6.45, 7) is 7.79. The van der Waals surface area contributed by atoms with Gasteiger partial charge in [0.25, 0.3) is 0 Å². The fourth-order valence-corrected chi connectivity index (χ4v) is 4.20. The highest BCUT2D eigenvalue weighted by atomic mass is 32.2. The monoisotopic (exact) mass is 277 g/mol. The maximum absolute atomic E-state index is 3.78. The van der Waals surface area contributed by atoms with E-state index < -0.39 is 0 Å². The number of hydrogen-bond acceptors (Lipinski definition) is 2. The van der Waals surface area contributed by atoms with Gasteiger partial charge < -0.3 is 5.32 Å². The van der Waals surface area contributed by atoms with E-state index in [9.17, 15) is 0 Å². The zero-order valence-corrected chi connectivity index (χ0v) is 13.4. The molecule has 1 fully saturated rings. The fourth-order valence-electron chi connectivity index (χ4n) is 2.75. The third-order valence-corrected chi connectivity index (χ3v) is 5.55. The van der Waals surface area contributed by atoms with E-state index in [1.54, 1.807) is 0 Å². The van der Waals surface area contributed by atoms with E-state index in [2.05, 4.69) is 56.0 Å². The van der Waals surface area contributed by atoms with Crippen LogP contribution in [0.25, 0.3) is 0 Å². The normalized spacial score (nSPS) is 21.3. The first kappa shape index (κ1) is 14.9. The molecule has 0 aliphatic carbocycles. The van der Waals surface area contributed by atoms with Crippen LogP contribution in [0.4, 0.5) is 0 Å². The standard InChI is InChI=1S/C17H27NS/c1-4-10-18-17(16-7-5-6-11-19-16)15-9-8-13(2)14(3)12-15/h8-9,12,16-18H,4-7,10-11H2,1-3H3. The van der Waals surface area contributed by atoms with Crippen molar-refractivity contribution >= 4 is 11.8 Å². The molecule has 1 aromatic carbocycles. The molecule has 2 unspecified atom stereocenters. The highest BCUT2D eigenvalue weighted by molar-refractivity contribution is 8.00. The molecule has 0 aromatic heterocycles. The van der Waals surface area contributed by atoms with Gasteiger partial charge in [-0.15, -0.1) is 0 Å². The van der Waals surface area contributed by atoms with Gasteiger partial charge in [-0.05, 0) is 62.1 Å². The zero-order valence-electron chi connectivity index (χ0n) is 12.5. The SMILES string of the molecule is CCCNC(c1ccc(C)c(C)c1)C1CCCCS1. The molecule has 1 heterocycles. The second kappa shape index (κ2) is 7.35. The molecule has 1 nitrogen and oxygen atoms in total. The highest BCUT2D eigenvalue weighted by Gasteiger charge is 2.25. The lowest BCUT2D eigenvalue weighted by atomic mass is 9.96. The van der Waals surface area contributed by atoms with Crippen molar-refractivity contribution < 1.29 is 0 Å². The number of rotatable bonds is 5. The molecule has 0 saturated carbocycles. The molecule has 2 heteroatoms. The van der Waals surface area contributed by atoms with Crippen LogP contribution in [0.2, 0.25) is 0 Å². The minimum atomic E-state index is 0.532. The number of benzene rings is 1. The summed E-state index contributed by atoms with van der Waals surface area (Å²) in [6, 6.07) is 7.52. The van der Waals surface area contributed by atoms with Gasteiger partial charge in [-0.3, -0.25) is 0 Å². The van der Waals surface area contributed by atoms with Crippen LogP contribution in [0.1, 0.15) is 55.3 Å². The lowest BCUT2D eigenvalue weighted by Gasteiger charge is -2.31. The van der Waals surface area contributed by atoms with Gasteiger partial charge in [0.15, 0.2) is 0 Å². The van der Waals surface area contributed by atoms with Gasteiger partial charge in [0, 0.05) is 11.3 Å². The summed E-state index contributed by atoms with van der Waals surface area (Å²) in [7, 11) is 0. The minimum absolute atomic E-state index is 0.532. The highest BCUT2D eigenvalue weighted by Crippen LogP contribution is 2.35. The first-order chi connectivity index (χ1) is 9.22. The average molecular weight is 277 g/mol. The second-order valence-electron chi connectivity index (χ2n) is 5.68. The average Bonchev–Trinajstić information content (AvgIpc) is 2.44. The maximum atomic E-state index is 3.78. The molecule has 2 atom stereocenters. The van der Waals surface area contributed by atoms with Crippen LogP contribution >= 0.6 is 11.8 Å². The Balaban J connectivity index is 2.17. The van der Waals surface area contributed by atoms with Crippen molar-refractivity contribution in [2.24, 2.45) is 0 Å². The molecule has 19 heavy (non-hydrogen) atoms. The predicted molar refractivity (Wildman–Crippen MR) is 87.0 cm³/mol. The van der Waals surface area contributed by atoms with Gasteiger partial charge in [-0.1, -0.05) is 31.5 Å². The van der Waals surface area contributed by atoms with Crippen LogP contribution in [0.5, 0.6) is 0 Å². The largest absolute Gasteiger partial charge is 0.309 e. The van der Waals surface area contributed by atoms with Crippen LogP contribution in [0, 0.1) is 13.8 Å². The first-order valence-corrected chi connectivity index (χ1v) is 8.69. The van der Waals surface area contributed by atoms with E-state index in [-0.39, 0.29) is 0 Å². The summed E-state index contributed by atoms with van der Waals surface area (Å²) >= 11 is 2.16. The smallest absolute Gasteiger partial charge is 0.0440 e. The van der Waals surface area contributed by atoms with E-state index in [4.69, 9.17) is 0 Å². The molecule has 1 aliphatic heterocycles. The van der Waals surface area contributed by atoms with Crippen LogP contribution in [-0.4, -0.2) is 17.5 Å². The predicted octanol–water partition coefficient (Wildman–Crippen LogP) is 4.63. The number of nitrogens with one attached hydrogen (secondary N) is 1. The Labute approximate surface area is 122 Å². The molecule has 1 aliphatic rings. The molecular formula is C17H27NS. The minimum Gasteiger partial charge on any atom is -0.309 e. The summed E-state index contributed by atoms with van der Waals surface area (Å²) in [6.07, 6.45) is 5.36. The van der Waals surface area contributed by atoms with Gasteiger partial charge in [0.2, 0.25) is 0 Å². The topological polar surface area (TPSA) is 12.0 Å². The Kier molecular flexibility index (Phi) is 5.77. The second-order valence-corrected chi connectivity index (χ2v) is 7.03. The lowest BCUT2D eigenvalue weighted by Crippen LogP contribution is -2.32. The molecule has 1 aromatic rings. The van der Waals surface area contributed by atoms with Crippen LogP contribution in [-0.2, 0) is 0 Å². The Bertz CT molecular complexity index is 396. The molecule has 0 amide bonds. The van der Waals surface area contributed by atoms with E-state index in [1.165, 1.54) is 48.1 Å². The van der Waals surface area contributed by atoms with Crippen molar-refractivity contribution in [3.8, 4) is 0 Å².